The van der Waals surface area contributed by atoms with Crippen molar-refractivity contribution < 1.29 is 18.3 Å². The van der Waals surface area contributed by atoms with Gasteiger partial charge in [-0.25, -0.2) is 13.6 Å². The van der Waals surface area contributed by atoms with Gasteiger partial charge in [0.15, 0.2) is 21.2 Å². The number of hydrogen-bond acceptors (Lipinski definition) is 2. The molecule has 4 aromatic rings. The first-order chi connectivity index (χ1) is 14.3. The molecule has 0 aliphatic carbocycles. The van der Waals surface area contributed by atoms with E-state index in [-0.39, 0.29) is 10.5 Å². The van der Waals surface area contributed by atoms with Gasteiger partial charge >= 0.3 is 5.97 Å². The lowest BCUT2D eigenvalue weighted by Gasteiger charge is -2.25. The second-order valence-electron chi connectivity index (χ2n) is 7.69. The molecule has 0 bridgehead atoms. The summed E-state index contributed by atoms with van der Waals surface area (Å²) in [4.78, 5) is 13.9. The second kappa shape index (κ2) is 7.65. The van der Waals surface area contributed by atoms with Gasteiger partial charge in [-0.2, -0.15) is 0 Å². The number of carbonyl (C=O) groups is 1. The summed E-state index contributed by atoms with van der Waals surface area (Å²) in [6, 6.07) is 19.2. The van der Waals surface area contributed by atoms with Crippen molar-refractivity contribution in [3.05, 3.63) is 100 Å². The van der Waals surface area contributed by atoms with E-state index >= 15 is 0 Å². The van der Waals surface area contributed by atoms with Crippen LogP contribution < -0.4 is 0 Å². The number of rotatable bonds is 4. The quantitative estimate of drug-likeness (QED) is 0.255. The predicted octanol–water partition coefficient (Wildman–Crippen LogP) is 7.26. The smallest absolute Gasteiger partial charge is 0.339 e. The van der Waals surface area contributed by atoms with Crippen molar-refractivity contribution in [2.24, 2.45) is 0 Å². The average Bonchev–Trinajstić information content (AvgIpc) is 3.07. The number of fused-ring (bicyclic) bond motifs is 1. The Morgan fingerprint density at radius 2 is 1.70 bits per heavy atom. The molecule has 2 nitrogen and oxygen atoms in total. The molecule has 1 atom stereocenters. The normalized spacial score (nSPS) is 12.2. The number of ether oxygens (including phenoxy) is 1. The summed E-state index contributed by atoms with van der Waals surface area (Å²) in [6.45, 7) is 5.40. The standard InChI is InChI=1S/C25H21F2O2S/c1-16-15-30(23-10-5-4-9-20(16)23)19-8-6-7-17(13-19)24(28)29-25(2,3)18-11-12-21(26)22(27)14-18/h4-15H,1-3H3/q+1. The van der Waals surface area contributed by atoms with Crippen LogP contribution in [0.1, 0.15) is 35.3 Å². The van der Waals surface area contributed by atoms with E-state index in [0.717, 1.165) is 17.0 Å². The van der Waals surface area contributed by atoms with Gasteiger partial charge in [0, 0.05) is 27.5 Å². The molecule has 0 radical (unpaired) electrons. The summed E-state index contributed by atoms with van der Waals surface area (Å²) in [6.07, 6.45) is 0. The molecular formula is C25H21F2O2S+. The van der Waals surface area contributed by atoms with Gasteiger partial charge in [-0.15, -0.1) is 0 Å². The summed E-state index contributed by atoms with van der Waals surface area (Å²) in [5.41, 5.74) is 0.920. The number of carbonyl (C=O) groups excluding carboxylic acids is 1. The molecule has 5 heteroatoms. The Bertz CT molecular complexity index is 1260. The molecule has 152 valence electrons. The molecule has 1 unspecified atom stereocenters. The molecule has 0 amide bonds. The minimum atomic E-state index is -1.11. The van der Waals surface area contributed by atoms with Gasteiger partial charge in [-0.05, 0) is 62.7 Å². The molecule has 0 fully saturated rings. The molecule has 0 saturated carbocycles. The lowest BCUT2D eigenvalue weighted by atomic mass is 9.97. The number of hydrogen-bond donors (Lipinski definition) is 0. The lowest BCUT2D eigenvalue weighted by molar-refractivity contribution is -0.00328. The third-order valence-electron chi connectivity index (χ3n) is 5.13. The highest BCUT2D eigenvalue weighted by Crippen LogP contribution is 2.42. The first kappa shape index (κ1) is 20.2. The average molecular weight is 424 g/mol. The zero-order valence-corrected chi connectivity index (χ0v) is 17.7. The van der Waals surface area contributed by atoms with Crippen LogP contribution in [0.4, 0.5) is 8.78 Å². The molecule has 0 aliphatic heterocycles. The Morgan fingerprint density at radius 3 is 2.47 bits per heavy atom. The van der Waals surface area contributed by atoms with Gasteiger partial charge in [0.2, 0.25) is 0 Å². The first-order valence-corrected chi connectivity index (χ1v) is 10.8. The summed E-state index contributed by atoms with van der Waals surface area (Å²) in [7, 11) is -0.248. The Kier molecular flexibility index (Phi) is 5.16. The topological polar surface area (TPSA) is 26.3 Å². The zero-order valence-electron chi connectivity index (χ0n) is 16.9. The van der Waals surface area contributed by atoms with Crippen LogP contribution in [0.15, 0.2) is 72.1 Å². The van der Waals surface area contributed by atoms with Crippen LogP contribution >= 0.6 is 10.5 Å². The van der Waals surface area contributed by atoms with Crippen molar-refractivity contribution in [1.82, 2.24) is 0 Å². The molecule has 4 rings (SSSR count). The zero-order chi connectivity index (χ0) is 21.5. The number of esters is 1. The van der Waals surface area contributed by atoms with Crippen molar-refractivity contribution in [3.8, 4) is 4.90 Å². The molecule has 0 aliphatic rings. The van der Waals surface area contributed by atoms with Crippen molar-refractivity contribution in [3.63, 3.8) is 0 Å². The van der Waals surface area contributed by atoms with E-state index in [4.69, 9.17) is 4.74 Å². The monoisotopic (exact) mass is 423 g/mol. The Hall–Kier alpha value is -3.05. The fourth-order valence-corrected chi connectivity index (χ4v) is 5.63. The molecule has 0 saturated heterocycles. The highest BCUT2D eigenvalue weighted by Gasteiger charge is 2.28. The minimum absolute atomic E-state index is 0.248. The van der Waals surface area contributed by atoms with E-state index in [2.05, 4.69) is 24.4 Å². The molecule has 1 heterocycles. The summed E-state index contributed by atoms with van der Waals surface area (Å²) in [5, 5.41) is 3.45. The van der Waals surface area contributed by atoms with E-state index in [1.54, 1.807) is 19.9 Å². The van der Waals surface area contributed by atoms with Gasteiger partial charge < -0.3 is 4.74 Å². The Morgan fingerprint density at radius 1 is 0.933 bits per heavy atom. The minimum Gasteiger partial charge on any atom is -0.451 e. The van der Waals surface area contributed by atoms with Crippen LogP contribution in [-0.2, 0) is 10.3 Å². The van der Waals surface area contributed by atoms with Crippen molar-refractivity contribution in [2.45, 2.75) is 26.4 Å². The second-order valence-corrected chi connectivity index (χ2v) is 9.51. The fraction of sp³-hybridized carbons (Fsp3) is 0.160. The molecule has 30 heavy (non-hydrogen) atoms. The van der Waals surface area contributed by atoms with Gasteiger partial charge in [0.25, 0.3) is 0 Å². The Labute approximate surface area is 176 Å². The third-order valence-corrected chi connectivity index (χ3v) is 7.31. The molecular weight excluding hydrogens is 402 g/mol. The van der Waals surface area contributed by atoms with Crippen LogP contribution in [0.5, 0.6) is 0 Å². The van der Waals surface area contributed by atoms with E-state index in [0.29, 0.717) is 11.1 Å². The van der Waals surface area contributed by atoms with Crippen molar-refractivity contribution in [1.29, 1.82) is 0 Å². The number of aryl methyl sites for hydroxylation is 1. The number of halogens is 2. The van der Waals surface area contributed by atoms with Crippen LogP contribution in [0.25, 0.3) is 15.0 Å². The highest BCUT2D eigenvalue weighted by molar-refractivity contribution is 7.43. The van der Waals surface area contributed by atoms with E-state index in [1.165, 1.54) is 21.7 Å². The third kappa shape index (κ3) is 3.73. The van der Waals surface area contributed by atoms with Crippen molar-refractivity contribution in [2.75, 3.05) is 0 Å². The lowest BCUT2D eigenvalue weighted by Crippen LogP contribution is -2.26. The van der Waals surface area contributed by atoms with E-state index < -0.39 is 23.2 Å². The van der Waals surface area contributed by atoms with E-state index in [1.807, 2.05) is 30.3 Å². The fourth-order valence-electron chi connectivity index (χ4n) is 3.46. The van der Waals surface area contributed by atoms with Crippen LogP contribution in [0, 0.1) is 18.6 Å². The maximum absolute atomic E-state index is 13.6. The molecule has 0 spiro atoms. The maximum Gasteiger partial charge on any atom is 0.339 e. The highest BCUT2D eigenvalue weighted by atomic mass is 32.2. The molecule has 1 aromatic heterocycles. The first-order valence-electron chi connectivity index (χ1n) is 9.56. The van der Waals surface area contributed by atoms with Crippen LogP contribution in [0.2, 0.25) is 0 Å². The van der Waals surface area contributed by atoms with Gasteiger partial charge in [-0.1, -0.05) is 24.3 Å². The van der Waals surface area contributed by atoms with Crippen LogP contribution in [0.3, 0.4) is 0 Å². The summed E-state index contributed by atoms with van der Waals surface area (Å²) >= 11 is 0. The maximum atomic E-state index is 13.6. The summed E-state index contributed by atoms with van der Waals surface area (Å²) in [5.74, 6) is -2.42. The SMILES string of the molecule is Cc1c[s+](-c2cccc(C(=O)OC(C)(C)c3ccc(F)c(F)c3)c2)c2ccccc12. The summed E-state index contributed by atoms with van der Waals surface area (Å²) < 4.78 is 33.8. The van der Waals surface area contributed by atoms with Crippen LogP contribution in [-0.4, -0.2) is 5.97 Å². The number of benzene rings is 3. The van der Waals surface area contributed by atoms with Crippen molar-refractivity contribution >= 4 is 26.5 Å². The van der Waals surface area contributed by atoms with E-state index in [9.17, 15) is 13.6 Å². The number of thiophene rings is 1. The molecule has 0 N–H and O–H groups in total. The van der Waals surface area contributed by atoms with Gasteiger partial charge in [0.05, 0.1) is 5.56 Å². The molecule has 3 aromatic carbocycles. The largest absolute Gasteiger partial charge is 0.451 e. The van der Waals surface area contributed by atoms with Gasteiger partial charge in [-0.3, -0.25) is 0 Å². The van der Waals surface area contributed by atoms with Gasteiger partial charge in [0.1, 0.15) is 11.0 Å². The predicted molar refractivity (Wildman–Crippen MR) is 117 cm³/mol. The Balaban J connectivity index is 1.65.